The molecule has 0 saturated carbocycles. The molecule has 2 rings (SSSR count). The third-order valence-corrected chi connectivity index (χ3v) is 5.39. The van der Waals surface area contributed by atoms with Crippen LogP contribution in [-0.4, -0.2) is 0 Å². The van der Waals surface area contributed by atoms with Crippen LogP contribution in [0.1, 0.15) is 0 Å². The van der Waals surface area contributed by atoms with E-state index in [0.29, 0.717) is 9.79 Å². The third kappa shape index (κ3) is 3.73. The molecule has 0 heterocycles. The van der Waals surface area contributed by atoms with Gasteiger partial charge in [-0.2, -0.15) is 0 Å². The molecule has 0 nitrogen and oxygen atoms in total. The van der Waals surface area contributed by atoms with Crippen LogP contribution in [0.5, 0.6) is 0 Å². The molecule has 0 unspecified atom stereocenters. The van der Waals surface area contributed by atoms with Crippen molar-refractivity contribution in [2.24, 2.45) is 0 Å². The Morgan fingerprint density at radius 3 is 1.50 bits per heavy atom. The molecule has 0 aromatic heterocycles. The van der Waals surface area contributed by atoms with E-state index in [1.54, 1.807) is 24.3 Å². The molecule has 0 spiro atoms. The summed E-state index contributed by atoms with van der Waals surface area (Å²) in [5, 5.41) is 0. The molecular formula is C12H6Br2F2S2. The number of hydrogen-bond donors (Lipinski definition) is 0. The summed E-state index contributed by atoms with van der Waals surface area (Å²) in [7, 11) is 2.38. The molecule has 18 heavy (non-hydrogen) atoms. The van der Waals surface area contributed by atoms with Crippen LogP contribution in [0.25, 0.3) is 0 Å². The maximum Gasteiger partial charge on any atom is 0.137 e. The molecule has 0 saturated heterocycles. The van der Waals surface area contributed by atoms with Gasteiger partial charge in [0, 0.05) is 8.95 Å². The Labute approximate surface area is 128 Å². The standard InChI is InChI=1S/C12H6Br2F2S2/c13-7-1-3-9(15)11(5-7)17-18-12-6-8(14)2-4-10(12)16/h1-6H. The van der Waals surface area contributed by atoms with Crippen molar-refractivity contribution in [1.29, 1.82) is 0 Å². The van der Waals surface area contributed by atoms with Crippen molar-refractivity contribution in [2.75, 3.05) is 0 Å². The first-order valence-corrected chi connectivity index (χ1v) is 8.54. The lowest BCUT2D eigenvalue weighted by Crippen LogP contribution is -1.81. The summed E-state index contributed by atoms with van der Waals surface area (Å²) < 4.78 is 28.6. The smallest absolute Gasteiger partial charge is 0.137 e. The second-order valence-corrected chi connectivity index (χ2v) is 7.36. The zero-order valence-corrected chi connectivity index (χ0v) is 13.6. The van der Waals surface area contributed by atoms with Crippen molar-refractivity contribution in [3.8, 4) is 0 Å². The maximum atomic E-state index is 13.5. The van der Waals surface area contributed by atoms with Crippen LogP contribution in [0.15, 0.2) is 55.1 Å². The van der Waals surface area contributed by atoms with Gasteiger partial charge in [-0.05, 0) is 58.0 Å². The molecule has 2 aromatic rings. The van der Waals surface area contributed by atoms with Gasteiger partial charge in [0.1, 0.15) is 11.6 Å². The summed E-state index contributed by atoms with van der Waals surface area (Å²) in [6.07, 6.45) is 0. The molecule has 6 heteroatoms. The number of benzene rings is 2. The van der Waals surface area contributed by atoms with Gasteiger partial charge in [-0.25, -0.2) is 8.78 Å². The van der Waals surface area contributed by atoms with Crippen molar-refractivity contribution in [2.45, 2.75) is 9.79 Å². The molecule has 0 fully saturated rings. The van der Waals surface area contributed by atoms with Crippen molar-refractivity contribution < 1.29 is 8.78 Å². The van der Waals surface area contributed by atoms with E-state index in [-0.39, 0.29) is 11.6 Å². The Bertz CT molecular complexity index is 524. The second-order valence-electron chi connectivity index (χ2n) is 3.32. The first-order chi connectivity index (χ1) is 8.56. The monoisotopic (exact) mass is 410 g/mol. The van der Waals surface area contributed by atoms with E-state index in [0.717, 1.165) is 8.95 Å². The number of hydrogen-bond acceptors (Lipinski definition) is 2. The van der Waals surface area contributed by atoms with E-state index in [1.165, 1.54) is 33.7 Å². The first kappa shape index (κ1) is 14.4. The van der Waals surface area contributed by atoms with Gasteiger partial charge in [-0.3, -0.25) is 0 Å². The van der Waals surface area contributed by atoms with Gasteiger partial charge in [0.25, 0.3) is 0 Å². The molecule has 94 valence electrons. The van der Waals surface area contributed by atoms with E-state index < -0.39 is 0 Å². The van der Waals surface area contributed by atoms with E-state index in [9.17, 15) is 8.78 Å². The van der Waals surface area contributed by atoms with Gasteiger partial charge in [0.2, 0.25) is 0 Å². The third-order valence-electron chi connectivity index (χ3n) is 2.01. The van der Waals surface area contributed by atoms with Crippen LogP contribution in [0, 0.1) is 11.6 Å². The van der Waals surface area contributed by atoms with Crippen LogP contribution in [0.3, 0.4) is 0 Å². The minimum absolute atomic E-state index is 0.314. The molecular weight excluding hydrogens is 406 g/mol. The Kier molecular flexibility index (Phi) is 5.12. The molecule has 2 aromatic carbocycles. The summed E-state index contributed by atoms with van der Waals surface area (Å²) in [6, 6.07) is 9.35. The molecule has 0 aliphatic rings. The molecule has 0 aliphatic heterocycles. The lowest BCUT2D eigenvalue weighted by atomic mass is 10.3. The average Bonchev–Trinajstić information content (AvgIpc) is 2.34. The second kappa shape index (κ2) is 6.41. The minimum Gasteiger partial charge on any atom is -0.206 e. The largest absolute Gasteiger partial charge is 0.206 e. The minimum atomic E-state index is -0.314. The predicted molar refractivity (Wildman–Crippen MR) is 79.9 cm³/mol. The Hall–Kier alpha value is -0.0400. The van der Waals surface area contributed by atoms with Crippen LogP contribution < -0.4 is 0 Å². The van der Waals surface area contributed by atoms with Gasteiger partial charge >= 0.3 is 0 Å². The highest BCUT2D eigenvalue weighted by Gasteiger charge is 2.08. The van der Waals surface area contributed by atoms with Crippen molar-refractivity contribution in [1.82, 2.24) is 0 Å². The van der Waals surface area contributed by atoms with Gasteiger partial charge in [-0.15, -0.1) is 0 Å². The van der Waals surface area contributed by atoms with Crippen LogP contribution in [0.4, 0.5) is 8.78 Å². The van der Waals surface area contributed by atoms with Crippen molar-refractivity contribution in [3.63, 3.8) is 0 Å². The molecule has 0 amide bonds. The van der Waals surface area contributed by atoms with E-state index in [2.05, 4.69) is 31.9 Å². The summed E-state index contributed by atoms with van der Waals surface area (Å²) in [4.78, 5) is 0.933. The Morgan fingerprint density at radius 1 is 0.722 bits per heavy atom. The summed E-state index contributed by atoms with van der Waals surface area (Å²) in [6.45, 7) is 0. The summed E-state index contributed by atoms with van der Waals surface area (Å²) in [5.41, 5.74) is 0. The molecule has 0 N–H and O–H groups in total. The summed E-state index contributed by atoms with van der Waals surface area (Å²) in [5.74, 6) is -0.628. The first-order valence-electron chi connectivity index (χ1n) is 4.81. The lowest BCUT2D eigenvalue weighted by molar-refractivity contribution is 0.600. The normalized spacial score (nSPS) is 10.7. The van der Waals surface area contributed by atoms with Crippen LogP contribution >= 0.6 is 53.4 Å². The fraction of sp³-hybridized carbons (Fsp3) is 0. The quantitative estimate of drug-likeness (QED) is 0.544. The average molecular weight is 412 g/mol. The highest BCUT2D eigenvalue weighted by Crippen LogP contribution is 2.41. The fourth-order valence-electron chi connectivity index (χ4n) is 1.17. The zero-order chi connectivity index (χ0) is 13.1. The summed E-state index contributed by atoms with van der Waals surface area (Å²) >= 11 is 6.56. The Balaban J connectivity index is 2.16. The zero-order valence-electron chi connectivity index (χ0n) is 8.79. The van der Waals surface area contributed by atoms with E-state index in [4.69, 9.17) is 0 Å². The SMILES string of the molecule is Fc1ccc(Br)cc1SSc1cc(Br)ccc1F. The molecule has 0 radical (unpaired) electrons. The molecule has 0 bridgehead atoms. The highest BCUT2D eigenvalue weighted by atomic mass is 79.9. The van der Waals surface area contributed by atoms with Crippen molar-refractivity contribution >= 4 is 53.4 Å². The number of rotatable bonds is 3. The van der Waals surface area contributed by atoms with E-state index >= 15 is 0 Å². The maximum absolute atomic E-state index is 13.5. The van der Waals surface area contributed by atoms with Gasteiger partial charge < -0.3 is 0 Å². The van der Waals surface area contributed by atoms with Crippen molar-refractivity contribution in [3.05, 3.63) is 57.0 Å². The molecule has 0 aliphatic carbocycles. The lowest BCUT2D eigenvalue weighted by Gasteiger charge is -2.05. The van der Waals surface area contributed by atoms with Gasteiger partial charge in [0.15, 0.2) is 0 Å². The Morgan fingerprint density at radius 2 is 1.11 bits per heavy atom. The highest BCUT2D eigenvalue weighted by molar-refractivity contribution is 9.10. The topological polar surface area (TPSA) is 0 Å². The predicted octanol–water partition coefficient (Wildman–Crippen LogP) is 6.29. The van der Waals surface area contributed by atoms with Crippen LogP contribution in [0.2, 0.25) is 0 Å². The van der Waals surface area contributed by atoms with Gasteiger partial charge in [0.05, 0.1) is 9.79 Å². The molecule has 0 atom stereocenters. The van der Waals surface area contributed by atoms with E-state index in [1.807, 2.05) is 0 Å². The fourth-order valence-corrected chi connectivity index (χ4v) is 4.33. The van der Waals surface area contributed by atoms with Gasteiger partial charge in [-0.1, -0.05) is 31.9 Å². The number of halogens is 4. The van der Waals surface area contributed by atoms with Crippen LogP contribution in [-0.2, 0) is 0 Å².